The molecule has 0 aliphatic heterocycles. The molecule has 2 aromatic heterocycles. The van der Waals surface area contributed by atoms with E-state index in [4.69, 9.17) is 9.41 Å². The van der Waals surface area contributed by atoms with E-state index < -0.39 is 0 Å². The number of hydrogen-bond donors (Lipinski definition) is 1. The molecule has 146 valence electrons. The van der Waals surface area contributed by atoms with E-state index in [0.717, 1.165) is 27.5 Å². The summed E-state index contributed by atoms with van der Waals surface area (Å²) in [6.45, 7) is 4.35. The van der Waals surface area contributed by atoms with Crippen LogP contribution in [0.5, 0.6) is 5.75 Å². The summed E-state index contributed by atoms with van der Waals surface area (Å²) < 4.78 is 7.34. The SMILES string of the molecule is CC(C)c1ccc(N=c2scc(-c3ccco3)n2N=Cc2ccc(O)cc2)cc1. The summed E-state index contributed by atoms with van der Waals surface area (Å²) in [7, 11) is 0. The molecule has 5 nitrogen and oxygen atoms in total. The lowest BCUT2D eigenvalue weighted by atomic mass is 10.0. The van der Waals surface area contributed by atoms with Crippen molar-refractivity contribution in [3.63, 3.8) is 0 Å². The molecular weight excluding hydrogens is 382 g/mol. The van der Waals surface area contributed by atoms with Crippen LogP contribution in [0.3, 0.4) is 0 Å². The Labute approximate surface area is 172 Å². The molecule has 0 saturated carbocycles. The minimum absolute atomic E-state index is 0.224. The Balaban J connectivity index is 1.76. The molecular formula is C23H21N3O2S. The van der Waals surface area contributed by atoms with Crippen LogP contribution in [-0.4, -0.2) is 16.0 Å². The van der Waals surface area contributed by atoms with Crippen molar-refractivity contribution in [2.45, 2.75) is 19.8 Å². The minimum atomic E-state index is 0.224. The van der Waals surface area contributed by atoms with Gasteiger partial charge in [0.25, 0.3) is 0 Å². The first-order valence-electron chi connectivity index (χ1n) is 9.32. The van der Waals surface area contributed by atoms with Gasteiger partial charge in [0.2, 0.25) is 4.80 Å². The van der Waals surface area contributed by atoms with Gasteiger partial charge in [-0.2, -0.15) is 5.10 Å². The fourth-order valence-electron chi connectivity index (χ4n) is 2.81. The van der Waals surface area contributed by atoms with Gasteiger partial charge in [0, 0.05) is 5.38 Å². The molecule has 0 aliphatic carbocycles. The maximum atomic E-state index is 9.46. The van der Waals surface area contributed by atoms with Gasteiger partial charge in [-0.25, -0.2) is 9.67 Å². The average Bonchev–Trinajstić information content (AvgIpc) is 3.38. The smallest absolute Gasteiger partial charge is 0.211 e. The monoisotopic (exact) mass is 403 g/mol. The molecule has 0 bridgehead atoms. The summed E-state index contributed by atoms with van der Waals surface area (Å²) >= 11 is 1.50. The van der Waals surface area contributed by atoms with E-state index in [2.05, 4.69) is 31.1 Å². The van der Waals surface area contributed by atoms with Crippen LogP contribution in [0, 0.1) is 0 Å². The van der Waals surface area contributed by atoms with E-state index in [1.54, 1.807) is 41.4 Å². The average molecular weight is 404 g/mol. The second-order valence-corrected chi connectivity index (χ2v) is 7.72. The van der Waals surface area contributed by atoms with E-state index in [1.807, 2.05) is 29.6 Å². The number of phenolic OH excluding ortho intramolecular Hbond substituents is 1. The number of furan rings is 1. The van der Waals surface area contributed by atoms with Crippen molar-refractivity contribution in [2.75, 3.05) is 0 Å². The van der Waals surface area contributed by atoms with Crippen LogP contribution in [0.4, 0.5) is 5.69 Å². The molecule has 0 spiro atoms. The van der Waals surface area contributed by atoms with Gasteiger partial charge in [-0.05, 0) is 65.6 Å². The normalized spacial score (nSPS) is 12.3. The van der Waals surface area contributed by atoms with Crippen molar-refractivity contribution in [2.24, 2.45) is 10.1 Å². The third kappa shape index (κ3) is 4.38. The quantitative estimate of drug-likeness (QED) is 0.431. The van der Waals surface area contributed by atoms with Gasteiger partial charge in [0.1, 0.15) is 11.4 Å². The molecule has 1 N–H and O–H groups in total. The van der Waals surface area contributed by atoms with Gasteiger partial charge >= 0.3 is 0 Å². The summed E-state index contributed by atoms with van der Waals surface area (Å²) in [5.74, 6) is 1.43. The number of hydrogen-bond acceptors (Lipinski definition) is 5. The Bertz CT molecular complexity index is 1170. The third-order valence-electron chi connectivity index (χ3n) is 4.46. The van der Waals surface area contributed by atoms with Crippen LogP contribution in [0.2, 0.25) is 0 Å². The van der Waals surface area contributed by atoms with Crippen LogP contribution < -0.4 is 4.80 Å². The zero-order valence-corrected chi connectivity index (χ0v) is 17.0. The van der Waals surface area contributed by atoms with Gasteiger partial charge in [-0.3, -0.25) is 0 Å². The highest BCUT2D eigenvalue weighted by Crippen LogP contribution is 2.22. The highest BCUT2D eigenvalue weighted by atomic mass is 32.1. The van der Waals surface area contributed by atoms with Crippen LogP contribution in [-0.2, 0) is 0 Å². The van der Waals surface area contributed by atoms with Crippen molar-refractivity contribution < 1.29 is 9.52 Å². The molecule has 0 fully saturated rings. The van der Waals surface area contributed by atoms with Crippen LogP contribution in [0.1, 0.15) is 30.9 Å². The molecule has 2 aromatic carbocycles. The number of rotatable bonds is 5. The summed E-state index contributed by atoms with van der Waals surface area (Å²) in [6, 6.07) is 18.9. The van der Waals surface area contributed by atoms with Crippen molar-refractivity contribution in [3.8, 4) is 17.2 Å². The van der Waals surface area contributed by atoms with Gasteiger partial charge in [0.15, 0.2) is 5.76 Å². The van der Waals surface area contributed by atoms with E-state index in [0.29, 0.717) is 5.92 Å². The summed E-state index contributed by atoms with van der Waals surface area (Å²) in [5, 5.41) is 16.1. The molecule has 0 aliphatic rings. The second kappa shape index (κ2) is 8.32. The fraction of sp³-hybridized carbons (Fsp3) is 0.130. The minimum Gasteiger partial charge on any atom is -0.508 e. The first-order valence-corrected chi connectivity index (χ1v) is 10.2. The molecule has 0 radical (unpaired) electrons. The molecule has 4 aromatic rings. The Morgan fingerprint density at radius 1 is 1.03 bits per heavy atom. The van der Waals surface area contributed by atoms with Crippen LogP contribution in [0.15, 0.2) is 86.8 Å². The summed E-state index contributed by atoms with van der Waals surface area (Å²) in [5.41, 5.74) is 3.85. The van der Waals surface area contributed by atoms with E-state index in [9.17, 15) is 5.11 Å². The molecule has 0 atom stereocenters. The second-order valence-electron chi connectivity index (χ2n) is 6.89. The standard InChI is InChI=1S/C23H21N3O2S/c1-16(2)18-7-9-19(10-8-18)25-23-26(21(15-29-23)22-4-3-13-28-22)24-14-17-5-11-20(27)12-6-17/h3-16,27H,1-2H3. The van der Waals surface area contributed by atoms with Crippen molar-refractivity contribution in [3.05, 3.63) is 88.2 Å². The molecule has 29 heavy (non-hydrogen) atoms. The maximum Gasteiger partial charge on any atom is 0.211 e. The lowest BCUT2D eigenvalue weighted by molar-refractivity contribution is 0.475. The molecule has 4 rings (SSSR count). The Hall–Kier alpha value is -3.38. The fourth-order valence-corrected chi connectivity index (χ4v) is 3.65. The number of thiazole rings is 1. The number of aromatic hydroxyl groups is 1. The van der Waals surface area contributed by atoms with Crippen LogP contribution in [0.25, 0.3) is 11.5 Å². The zero-order chi connectivity index (χ0) is 20.2. The van der Waals surface area contributed by atoms with E-state index >= 15 is 0 Å². The van der Waals surface area contributed by atoms with E-state index in [1.165, 1.54) is 16.9 Å². The van der Waals surface area contributed by atoms with Gasteiger partial charge in [-0.15, -0.1) is 11.3 Å². The predicted molar refractivity (Wildman–Crippen MR) is 117 cm³/mol. The molecule has 0 amide bonds. The Kier molecular flexibility index (Phi) is 5.44. The topological polar surface area (TPSA) is 63.0 Å². The lowest BCUT2D eigenvalue weighted by Gasteiger charge is -2.04. The lowest BCUT2D eigenvalue weighted by Crippen LogP contribution is -2.11. The molecule has 0 saturated heterocycles. The first-order chi connectivity index (χ1) is 14.1. The predicted octanol–water partition coefficient (Wildman–Crippen LogP) is 5.75. The Morgan fingerprint density at radius 3 is 2.45 bits per heavy atom. The third-order valence-corrected chi connectivity index (χ3v) is 5.27. The number of nitrogens with zero attached hydrogens (tertiary/aromatic N) is 3. The molecule has 2 heterocycles. The number of phenols is 1. The maximum absolute atomic E-state index is 9.46. The largest absolute Gasteiger partial charge is 0.508 e. The highest BCUT2D eigenvalue weighted by molar-refractivity contribution is 7.07. The first kappa shape index (κ1) is 19.0. The van der Waals surface area contributed by atoms with Gasteiger partial charge < -0.3 is 9.52 Å². The van der Waals surface area contributed by atoms with Crippen LogP contribution >= 0.6 is 11.3 Å². The zero-order valence-electron chi connectivity index (χ0n) is 16.2. The van der Waals surface area contributed by atoms with Crippen molar-refractivity contribution >= 4 is 23.2 Å². The molecule has 6 heteroatoms. The Morgan fingerprint density at radius 2 is 1.79 bits per heavy atom. The van der Waals surface area contributed by atoms with E-state index in [-0.39, 0.29) is 5.75 Å². The van der Waals surface area contributed by atoms with Crippen molar-refractivity contribution in [1.29, 1.82) is 0 Å². The number of aromatic nitrogens is 1. The number of benzene rings is 2. The highest BCUT2D eigenvalue weighted by Gasteiger charge is 2.10. The van der Waals surface area contributed by atoms with Gasteiger partial charge in [-0.1, -0.05) is 26.0 Å². The summed E-state index contributed by atoms with van der Waals surface area (Å²) in [6.07, 6.45) is 3.38. The van der Waals surface area contributed by atoms with Crippen molar-refractivity contribution in [1.82, 2.24) is 4.68 Å². The summed E-state index contributed by atoms with van der Waals surface area (Å²) in [4.78, 5) is 5.52. The molecule has 0 unspecified atom stereocenters. The van der Waals surface area contributed by atoms with Gasteiger partial charge in [0.05, 0.1) is 18.2 Å².